The van der Waals surface area contributed by atoms with E-state index >= 15 is 0 Å². The summed E-state index contributed by atoms with van der Waals surface area (Å²) in [4.78, 5) is 1.01. The van der Waals surface area contributed by atoms with E-state index in [0.717, 1.165) is 28.9 Å². The number of benzene rings is 1. The molecule has 1 heterocycles. The third-order valence-corrected chi connectivity index (χ3v) is 5.42. The first-order chi connectivity index (χ1) is 7.57. The third-order valence-electron chi connectivity index (χ3n) is 3.39. The smallest absolute Gasteiger partial charge is 0.0588 e. The molecule has 0 amide bonds. The van der Waals surface area contributed by atoms with E-state index < -0.39 is 10.8 Å². The minimum atomic E-state index is -0.912. The average Bonchev–Trinajstić information content (AvgIpc) is 2.50. The molecule has 0 radical (unpaired) electrons. The van der Waals surface area contributed by atoms with Crippen molar-refractivity contribution in [3.05, 3.63) is 28.8 Å². The lowest BCUT2D eigenvalue weighted by Gasteiger charge is -2.14. The highest BCUT2D eigenvalue weighted by Gasteiger charge is 2.37. The van der Waals surface area contributed by atoms with Crippen LogP contribution in [-0.2, 0) is 10.8 Å². The number of rotatable bonds is 2. The molecule has 0 bridgehead atoms. The van der Waals surface area contributed by atoms with Crippen LogP contribution in [-0.4, -0.2) is 9.46 Å². The van der Waals surface area contributed by atoms with Crippen molar-refractivity contribution in [2.75, 3.05) is 0 Å². The molecule has 2 N–H and O–H groups in total. The van der Waals surface area contributed by atoms with Crippen LogP contribution in [0.3, 0.4) is 0 Å². The minimum Gasteiger partial charge on any atom is -0.323 e. The van der Waals surface area contributed by atoms with Crippen LogP contribution in [0.15, 0.2) is 17.0 Å². The van der Waals surface area contributed by atoms with Crippen molar-refractivity contribution in [3.8, 4) is 0 Å². The summed E-state index contributed by atoms with van der Waals surface area (Å²) >= 11 is 0. The molecule has 1 aliphatic rings. The van der Waals surface area contributed by atoms with Gasteiger partial charge in [0.15, 0.2) is 0 Å². The number of fused-ring (bicyclic) bond motifs is 1. The SMILES string of the molecule is CCCC1C(N)c2c(C)ccc(C)c2S1=O. The number of aryl methyl sites for hydroxylation is 2. The van der Waals surface area contributed by atoms with E-state index in [1.807, 2.05) is 13.0 Å². The van der Waals surface area contributed by atoms with E-state index in [9.17, 15) is 4.21 Å². The van der Waals surface area contributed by atoms with Crippen LogP contribution >= 0.6 is 0 Å². The van der Waals surface area contributed by atoms with Crippen LogP contribution in [0.2, 0.25) is 0 Å². The maximum Gasteiger partial charge on any atom is 0.0588 e. The van der Waals surface area contributed by atoms with Gasteiger partial charge < -0.3 is 5.73 Å². The van der Waals surface area contributed by atoms with Crippen molar-refractivity contribution in [3.63, 3.8) is 0 Å². The van der Waals surface area contributed by atoms with Crippen molar-refractivity contribution in [2.24, 2.45) is 5.73 Å². The lowest BCUT2D eigenvalue weighted by molar-refractivity contribution is 0.605. The molecule has 0 aliphatic carbocycles. The first kappa shape index (κ1) is 11.8. The predicted molar refractivity (Wildman–Crippen MR) is 67.9 cm³/mol. The van der Waals surface area contributed by atoms with Gasteiger partial charge in [-0.15, -0.1) is 0 Å². The number of hydrogen-bond acceptors (Lipinski definition) is 2. The monoisotopic (exact) mass is 237 g/mol. The zero-order valence-corrected chi connectivity index (χ0v) is 10.9. The Morgan fingerprint density at radius 2 is 1.94 bits per heavy atom. The Bertz CT molecular complexity index is 442. The van der Waals surface area contributed by atoms with E-state index in [0.29, 0.717) is 0 Å². The Morgan fingerprint density at radius 1 is 1.31 bits per heavy atom. The van der Waals surface area contributed by atoms with Crippen LogP contribution in [0.1, 0.15) is 42.5 Å². The summed E-state index contributed by atoms with van der Waals surface area (Å²) in [7, 11) is -0.912. The molecule has 0 spiro atoms. The van der Waals surface area contributed by atoms with Gasteiger partial charge in [0, 0.05) is 10.9 Å². The van der Waals surface area contributed by atoms with Gasteiger partial charge in [0.2, 0.25) is 0 Å². The molecule has 3 atom stereocenters. The van der Waals surface area contributed by atoms with E-state index in [4.69, 9.17) is 5.73 Å². The second-order valence-electron chi connectivity index (χ2n) is 4.59. The molecule has 2 nitrogen and oxygen atoms in total. The van der Waals surface area contributed by atoms with Gasteiger partial charge in [0.25, 0.3) is 0 Å². The number of hydrogen-bond donors (Lipinski definition) is 1. The van der Waals surface area contributed by atoms with E-state index in [-0.39, 0.29) is 11.3 Å². The fourth-order valence-corrected chi connectivity index (χ4v) is 4.58. The molecule has 1 aliphatic heterocycles. The summed E-state index contributed by atoms with van der Waals surface area (Å²) in [6.45, 7) is 6.20. The van der Waals surface area contributed by atoms with Crippen molar-refractivity contribution in [2.45, 2.75) is 49.8 Å². The maximum absolute atomic E-state index is 12.4. The molecule has 3 unspecified atom stereocenters. The largest absolute Gasteiger partial charge is 0.323 e. The zero-order chi connectivity index (χ0) is 11.9. The Balaban J connectivity index is 2.54. The highest BCUT2D eigenvalue weighted by Crippen LogP contribution is 2.40. The summed E-state index contributed by atoms with van der Waals surface area (Å²) in [5.74, 6) is 0. The fourth-order valence-electron chi connectivity index (χ4n) is 2.53. The van der Waals surface area contributed by atoms with Crippen molar-refractivity contribution < 1.29 is 4.21 Å². The molecular formula is C13H19NOS. The molecule has 2 rings (SSSR count). The van der Waals surface area contributed by atoms with Crippen LogP contribution in [0, 0.1) is 13.8 Å². The molecule has 0 saturated heterocycles. The first-order valence-electron chi connectivity index (χ1n) is 5.84. The van der Waals surface area contributed by atoms with E-state index in [1.165, 1.54) is 5.56 Å². The summed E-state index contributed by atoms with van der Waals surface area (Å²) in [6, 6.07) is 4.09. The highest BCUT2D eigenvalue weighted by atomic mass is 32.2. The Labute approximate surface area is 99.7 Å². The molecule has 3 heteroatoms. The number of nitrogens with two attached hydrogens (primary N) is 1. The summed E-state index contributed by atoms with van der Waals surface area (Å²) in [6.07, 6.45) is 1.98. The second-order valence-corrected chi connectivity index (χ2v) is 6.20. The van der Waals surface area contributed by atoms with Gasteiger partial charge in [-0.3, -0.25) is 4.21 Å². The second kappa shape index (κ2) is 4.30. The van der Waals surface area contributed by atoms with Crippen LogP contribution in [0.25, 0.3) is 0 Å². The fraction of sp³-hybridized carbons (Fsp3) is 0.538. The van der Waals surface area contributed by atoms with Gasteiger partial charge in [0.05, 0.1) is 16.0 Å². The van der Waals surface area contributed by atoms with Crippen molar-refractivity contribution in [1.82, 2.24) is 0 Å². The molecular weight excluding hydrogens is 218 g/mol. The average molecular weight is 237 g/mol. The van der Waals surface area contributed by atoms with E-state index in [1.54, 1.807) is 0 Å². The van der Waals surface area contributed by atoms with Crippen molar-refractivity contribution >= 4 is 10.8 Å². The Kier molecular flexibility index (Phi) is 3.17. The van der Waals surface area contributed by atoms with Gasteiger partial charge >= 0.3 is 0 Å². The molecule has 16 heavy (non-hydrogen) atoms. The van der Waals surface area contributed by atoms with Gasteiger partial charge in [-0.2, -0.15) is 0 Å². The lowest BCUT2D eigenvalue weighted by atomic mass is 9.96. The standard InChI is InChI=1S/C13H19NOS/c1-4-5-10-12(14)11-8(2)6-7-9(3)13(11)16(10)15/h6-7,10,12H,4-5,14H2,1-3H3. The van der Waals surface area contributed by atoms with E-state index in [2.05, 4.69) is 19.9 Å². The molecule has 0 fully saturated rings. The molecule has 0 saturated carbocycles. The zero-order valence-electron chi connectivity index (χ0n) is 10.1. The predicted octanol–water partition coefficient (Wildman–Crippen LogP) is 2.59. The van der Waals surface area contributed by atoms with Gasteiger partial charge in [-0.05, 0) is 37.0 Å². The molecule has 0 aromatic heterocycles. The summed E-state index contributed by atoms with van der Waals surface area (Å²) in [5.41, 5.74) is 9.68. The molecule has 1 aromatic carbocycles. The highest BCUT2D eigenvalue weighted by molar-refractivity contribution is 7.86. The van der Waals surface area contributed by atoms with Crippen LogP contribution in [0.5, 0.6) is 0 Å². The lowest BCUT2D eigenvalue weighted by Crippen LogP contribution is -2.23. The topological polar surface area (TPSA) is 43.1 Å². The minimum absolute atomic E-state index is 0.0457. The maximum atomic E-state index is 12.4. The normalized spacial score (nSPS) is 28.1. The van der Waals surface area contributed by atoms with Gasteiger partial charge in [-0.25, -0.2) is 0 Å². The summed E-state index contributed by atoms with van der Waals surface area (Å²) < 4.78 is 12.4. The van der Waals surface area contributed by atoms with Crippen molar-refractivity contribution in [1.29, 1.82) is 0 Å². The Hall–Kier alpha value is -0.670. The van der Waals surface area contributed by atoms with Gasteiger partial charge in [0.1, 0.15) is 0 Å². The summed E-state index contributed by atoms with van der Waals surface area (Å²) in [5, 5.41) is 0.111. The van der Waals surface area contributed by atoms with Crippen LogP contribution < -0.4 is 5.73 Å². The quantitative estimate of drug-likeness (QED) is 0.859. The van der Waals surface area contributed by atoms with Crippen LogP contribution in [0.4, 0.5) is 0 Å². The first-order valence-corrected chi connectivity index (χ1v) is 7.05. The molecule has 88 valence electrons. The third kappa shape index (κ3) is 1.62. The Morgan fingerprint density at radius 3 is 2.50 bits per heavy atom. The van der Waals surface area contributed by atoms with Gasteiger partial charge in [-0.1, -0.05) is 25.5 Å². The molecule has 1 aromatic rings.